The van der Waals surface area contributed by atoms with E-state index in [1.165, 1.54) is 0 Å². The maximum atomic E-state index is 10.5. The zero-order valence-electron chi connectivity index (χ0n) is 9.08. The van der Waals surface area contributed by atoms with Crippen LogP contribution in [0.2, 0.25) is 0 Å². The molecule has 0 aliphatic rings. The Morgan fingerprint density at radius 1 is 1.12 bits per heavy atom. The van der Waals surface area contributed by atoms with Crippen LogP contribution in [0.5, 0.6) is 0 Å². The van der Waals surface area contributed by atoms with Crippen LogP contribution in [0.15, 0.2) is 54.7 Å². The number of carbonyl (C=O) groups is 1. The van der Waals surface area contributed by atoms with E-state index in [9.17, 15) is 4.79 Å². The minimum atomic E-state index is -0.958. The normalized spacial score (nSPS) is 10.6. The summed E-state index contributed by atoms with van der Waals surface area (Å²) in [6.07, 6.45) is 4.42. The molecule has 0 amide bonds. The first-order valence-corrected chi connectivity index (χ1v) is 5.19. The summed E-state index contributed by atoms with van der Waals surface area (Å²) in [7, 11) is 0. The molecule has 0 atom stereocenters. The number of pyridine rings is 1. The second-order valence-corrected chi connectivity index (χ2v) is 3.47. The maximum Gasteiger partial charge on any atom is 0.328 e. The summed E-state index contributed by atoms with van der Waals surface area (Å²) in [6.45, 7) is 0. The van der Waals surface area contributed by atoms with Crippen molar-refractivity contribution < 1.29 is 9.90 Å². The molecule has 1 aromatic carbocycles. The summed E-state index contributed by atoms with van der Waals surface area (Å²) in [5, 5.41) is 8.63. The lowest BCUT2D eigenvalue weighted by Crippen LogP contribution is -1.88. The zero-order valence-corrected chi connectivity index (χ0v) is 9.08. The number of rotatable bonds is 3. The molecule has 1 aromatic heterocycles. The average molecular weight is 225 g/mol. The van der Waals surface area contributed by atoms with E-state index in [0.29, 0.717) is 0 Å². The van der Waals surface area contributed by atoms with Crippen LogP contribution >= 0.6 is 0 Å². The molecule has 1 heterocycles. The SMILES string of the molecule is O=C(O)C=Cc1ccccc1-c1ccccn1. The molecule has 0 bridgehead atoms. The van der Waals surface area contributed by atoms with Crippen molar-refractivity contribution in [2.45, 2.75) is 0 Å². The van der Waals surface area contributed by atoms with Crippen LogP contribution in [-0.2, 0) is 4.79 Å². The lowest BCUT2D eigenvalue weighted by atomic mass is 10.0. The molecule has 1 N–H and O–H groups in total. The van der Waals surface area contributed by atoms with Crippen LogP contribution in [0, 0.1) is 0 Å². The molecule has 0 aliphatic carbocycles. The molecular formula is C14H11NO2. The number of aromatic nitrogens is 1. The van der Waals surface area contributed by atoms with E-state index >= 15 is 0 Å². The second kappa shape index (κ2) is 5.07. The van der Waals surface area contributed by atoms with Crippen LogP contribution in [0.4, 0.5) is 0 Å². The van der Waals surface area contributed by atoms with Gasteiger partial charge in [0.1, 0.15) is 0 Å². The third-order valence-electron chi connectivity index (χ3n) is 2.31. The molecule has 0 spiro atoms. The average Bonchev–Trinajstić information content (AvgIpc) is 2.38. The van der Waals surface area contributed by atoms with Crippen molar-refractivity contribution >= 4 is 12.0 Å². The van der Waals surface area contributed by atoms with Crippen molar-refractivity contribution in [3.05, 3.63) is 60.3 Å². The Hall–Kier alpha value is -2.42. The van der Waals surface area contributed by atoms with Gasteiger partial charge in [-0.1, -0.05) is 30.3 Å². The first-order chi connectivity index (χ1) is 8.27. The van der Waals surface area contributed by atoms with Crippen molar-refractivity contribution in [3.63, 3.8) is 0 Å². The summed E-state index contributed by atoms with van der Waals surface area (Å²) in [5.41, 5.74) is 2.59. The van der Waals surface area contributed by atoms with Gasteiger partial charge in [0.05, 0.1) is 5.69 Å². The van der Waals surface area contributed by atoms with Gasteiger partial charge >= 0.3 is 5.97 Å². The van der Waals surface area contributed by atoms with Gasteiger partial charge in [-0.2, -0.15) is 0 Å². The van der Waals surface area contributed by atoms with Gasteiger partial charge in [0.15, 0.2) is 0 Å². The Bertz CT molecular complexity index is 547. The van der Waals surface area contributed by atoms with E-state index in [1.54, 1.807) is 12.3 Å². The van der Waals surface area contributed by atoms with Crippen molar-refractivity contribution in [2.75, 3.05) is 0 Å². The second-order valence-electron chi connectivity index (χ2n) is 3.47. The Balaban J connectivity index is 2.45. The fraction of sp³-hybridized carbons (Fsp3) is 0. The summed E-state index contributed by atoms with van der Waals surface area (Å²) < 4.78 is 0. The Morgan fingerprint density at radius 2 is 1.88 bits per heavy atom. The first-order valence-electron chi connectivity index (χ1n) is 5.19. The maximum absolute atomic E-state index is 10.5. The number of aliphatic carboxylic acids is 1. The number of carboxylic acid groups (broad SMARTS) is 1. The van der Waals surface area contributed by atoms with Gasteiger partial charge in [0, 0.05) is 17.8 Å². The molecule has 3 heteroatoms. The number of carboxylic acids is 1. The fourth-order valence-electron chi connectivity index (χ4n) is 1.56. The first kappa shape index (κ1) is 11.1. The van der Waals surface area contributed by atoms with E-state index in [0.717, 1.165) is 22.9 Å². The van der Waals surface area contributed by atoms with Crippen LogP contribution in [0.1, 0.15) is 5.56 Å². The minimum absolute atomic E-state index is 0.832. The molecule has 3 nitrogen and oxygen atoms in total. The van der Waals surface area contributed by atoms with Gasteiger partial charge in [-0.05, 0) is 23.8 Å². The summed E-state index contributed by atoms with van der Waals surface area (Å²) >= 11 is 0. The van der Waals surface area contributed by atoms with Crippen LogP contribution < -0.4 is 0 Å². The molecule has 0 fully saturated rings. The largest absolute Gasteiger partial charge is 0.478 e. The van der Waals surface area contributed by atoms with Crippen molar-refractivity contribution in [2.24, 2.45) is 0 Å². The van der Waals surface area contributed by atoms with Gasteiger partial charge < -0.3 is 5.11 Å². The molecule has 17 heavy (non-hydrogen) atoms. The van der Waals surface area contributed by atoms with Gasteiger partial charge in [-0.3, -0.25) is 4.98 Å². The summed E-state index contributed by atoms with van der Waals surface area (Å²) in [5.74, 6) is -0.958. The number of nitrogens with zero attached hydrogens (tertiary/aromatic N) is 1. The molecule has 0 radical (unpaired) electrons. The molecule has 0 unspecified atom stereocenters. The molecular weight excluding hydrogens is 214 g/mol. The highest BCUT2D eigenvalue weighted by Crippen LogP contribution is 2.22. The van der Waals surface area contributed by atoms with Crippen molar-refractivity contribution in [3.8, 4) is 11.3 Å². The van der Waals surface area contributed by atoms with Crippen LogP contribution in [0.3, 0.4) is 0 Å². The van der Waals surface area contributed by atoms with Gasteiger partial charge in [0.2, 0.25) is 0 Å². The minimum Gasteiger partial charge on any atom is -0.478 e. The van der Waals surface area contributed by atoms with Gasteiger partial charge in [0.25, 0.3) is 0 Å². The molecule has 0 saturated heterocycles. The molecule has 0 saturated carbocycles. The topological polar surface area (TPSA) is 50.2 Å². The van der Waals surface area contributed by atoms with E-state index in [2.05, 4.69) is 4.98 Å². The van der Waals surface area contributed by atoms with E-state index in [1.807, 2.05) is 42.5 Å². The number of hydrogen-bond acceptors (Lipinski definition) is 2. The van der Waals surface area contributed by atoms with Crippen LogP contribution in [0.25, 0.3) is 17.3 Å². The summed E-state index contributed by atoms with van der Waals surface area (Å²) in [6, 6.07) is 13.2. The molecule has 2 aromatic rings. The summed E-state index contributed by atoms with van der Waals surface area (Å²) in [4.78, 5) is 14.8. The van der Waals surface area contributed by atoms with E-state index < -0.39 is 5.97 Å². The predicted molar refractivity (Wildman–Crippen MR) is 66.3 cm³/mol. The lowest BCUT2D eigenvalue weighted by molar-refractivity contribution is -0.131. The molecule has 84 valence electrons. The molecule has 2 rings (SSSR count). The van der Waals surface area contributed by atoms with Gasteiger partial charge in [-0.15, -0.1) is 0 Å². The fourth-order valence-corrected chi connectivity index (χ4v) is 1.56. The quantitative estimate of drug-likeness (QED) is 0.817. The zero-order chi connectivity index (χ0) is 12.1. The monoisotopic (exact) mass is 225 g/mol. The Kier molecular flexibility index (Phi) is 3.31. The number of benzene rings is 1. The van der Waals surface area contributed by atoms with Crippen molar-refractivity contribution in [1.82, 2.24) is 4.98 Å². The third-order valence-corrected chi connectivity index (χ3v) is 2.31. The van der Waals surface area contributed by atoms with Crippen molar-refractivity contribution in [1.29, 1.82) is 0 Å². The van der Waals surface area contributed by atoms with E-state index in [4.69, 9.17) is 5.11 Å². The molecule has 0 aliphatic heterocycles. The number of hydrogen-bond donors (Lipinski definition) is 1. The third kappa shape index (κ3) is 2.78. The highest BCUT2D eigenvalue weighted by atomic mass is 16.4. The lowest BCUT2D eigenvalue weighted by Gasteiger charge is -2.04. The van der Waals surface area contributed by atoms with E-state index in [-0.39, 0.29) is 0 Å². The highest BCUT2D eigenvalue weighted by molar-refractivity contribution is 5.87. The Morgan fingerprint density at radius 3 is 2.59 bits per heavy atom. The smallest absolute Gasteiger partial charge is 0.328 e. The predicted octanol–water partition coefficient (Wildman–Crippen LogP) is 2.85. The Labute approximate surface area is 99.1 Å². The van der Waals surface area contributed by atoms with Gasteiger partial charge in [-0.25, -0.2) is 4.79 Å². The van der Waals surface area contributed by atoms with Crippen LogP contribution in [-0.4, -0.2) is 16.1 Å². The standard InChI is InChI=1S/C14H11NO2/c16-14(17)9-8-11-5-1-2-6-12(11)13-7-3-4-10-15-13/h1-10H,(H,16,17). The highest BCUT2D eigenvalue weighted by Gasteiger charge is 2.02.